The van der Waals surface area contributed by atoms with Gasteiger partial charge in [-0.05, 0) is 48.0 Å². The molecule has 2 N–H and O–H groups in total. The molecule has 0 aliphatic carbocycles. The van der Waals surface area contributed by atoms with Gasteiger partial charge in [-0.2, -0.15) is 4.98 Å². The van der Waals surface area contributed by atoms with Crippen LogP contribution < -0.4 is 21.4 Å². The maximum Gasteiger partial charge on any atom is 0.356 e. The maximum absolute atomic E-state index is 13.1. The Hall–Kier alpha value is -4.48. The lowest BCUT2D eigenvalue weighted by Gasteiger charge is -2.15. The second-order valence-electron chi connectivity index (χ2n) is 7.52. The van der Waals surface area contributed by atoms with Crippen LogP contribution in [0.2, 0.25) is 5.02 Å². The summed E-state index contributed by atoms with van der Waals surface area (Å²) in [5, 5.41) is 12.6. The fourth-order valence-corrected chi connectivity index (χ4v) is 3.37. The molecule has 4 aromatic rings. The van der Waals surface area contributed by atoms with Crippen molar-refractivity contribution < 1.29 is 19.4 Å². The molecule has 0 radical (unpaired) electrons. The van der Waals surface area contributed by atoms with E-state index in [0.29, 0.717) is 16.5 Å². The summed E-state index contributed by atoms with van der Waals surface area (Å²) in [6.45, 7) is -0.112. The van der Waals surface area contributed by atoms with E-state index in [0.717, 1.165) is 10.1 Å². The minimum Gasteiger partial charge on any atom is -0.478 e. The van der Waals surface area contributed by atoms with Crippen molar-refractivity contribution in [2.45, 2.75) is 13.3 Å². The number of methoxy groups -OCH3 is 1. The lowest BCUT2D eigenvalue weighted by molar-refractivity contribution is 0.0696. The van der Waals surface area contributed by atoms with Gasteiger partial charge in [0.05, 0.1) is 18.3 Å². The Labute approximate surface area is 209 Å². The average Bonchev–Trinajstić information content (AvgIpc) is 2.86. The van der Waals surface area contributed by atoms with Gasteiger partial charge < -0.3 is 19.9 Å². The summed E-state index contributed by atoms with van der Waals surface area (Å²) < 4.78 is 12.8. The molecular weight excluding hydrogens is 490 g/mol. The second kappa shape index (κ2) is 10.8. The molecule has 0 saturated carbocycles. The third-order valence-electron chi connectivity index (χ3n) is 4.97. The number of hydrogen-bond donors (Lipinski definition) is 2. The molecule has 2 aromatic heterocycles. The van der Waals surface area contributed by atoms with Crippen LogP contribution in [0.15, 0.2) is 76.6 Å². The van der Waals surface area contributed by atoms with Crippen molar-refractivity contribution in [3.8, 4) is 11.5 Å². The standard InChI is InChI=1S/C24H20ClN5O6/c1-35-14-30-23(33)28-22(29(24(30)34)13-15-2-4-17(25)5-3-15)27-18-6-8-19(9-7-18)36-20-10-16(21(31)32)11-26-12-20/h2-12H,13-14H2,1H3,(H,31,32)(H,27,28,33). The smallest absolute Gasteiger partial charge is 0.356 e. The van der Waals surface area contributed by atoms with Gasteiger partial charge in [0, 0.05) is 24.0 Å². The molecule has 0 spiro atoms. The van der Waals surface area contributed by atoms with Gasteiger partial charge in [0.25, 0.3) is 0 Å². The number of aromatic nitrogens is 4. The fraction of sp³-hybridized carbons (Fsp3) is 0.125. The topological polar surface area (TPSA) is 138 Å². The Kier molecular flexibility index (Phi) is 7.42. The molecule has 0 bridgehead atoms. The van der Waals surface area contributed by atoms with Crippen molar-refractivity contribution >= 4 is 29.2 Å². The van der Waals surface area contributed by atoms with E-state index in [9.17, 15) is 14.4 Å². The highest BCUT2D eigenvalue weighted by Gasteiger charge is 2.14. The number of anilines is 2. The van der Waals surface area contributed by atoms with Gasteiger partial charge >= 0.3 is 17.3 Å². The summed E-state index contributed by atoms with van der Waals surface area (Å²) in [6, 6.07) is 14.9. The fourth-order valence-electron chi connectivity index (χ4n) is 3.24. The highest BCUT2D eigenvalue weighted by molar-refractivity contribution is 6.30. The first-order valence-electron chi connectivity index (χ1n) is 10.5. The predicted molar refractivity (Wildman–Crippen MR) is 131 cm³/mol. The molecule has 0 unspecified atom stereocenters. The van der Waals surface area contributed by atoms with Gasteiger partial charge in [0.1, 0.15) is 18.2 Å². The number of pyridine rings is 1. The van der Waals surface area contributed by atoms with E-state index in [1.807, 2.05) is 0 Å². The van der Waals surface area contributed by atoms with E-state index in [1.54, 1.807) is 48.5 Å². The van der Waals surface area contributed by atoms with Crippen molar-refractivity contribution in [3.63, 3.8) is 0 Å². The zero-order valence-corrected chi connectivity index (χ0v) is 19.7. The molecule has 0 atom stereocenters. The van der Waals surface area contributed by atoms with Crippen molar-refractivity contribution in [3.05, 3.63) is 104 Å². The van der Waals surface area contributed by atoms with Crippen molar-refractivity contribution in [2.75, 3.05) is 12.4 Å². The van der Waals surface area contributed by atoms with Crippen LogP contribution >= 0.6 is 11.6 Å². The van der Waals surface area contributed by atoms with Crippen LogP contribution in [0.4, 0.5) is 11.6 Å². The number of benzene rings is 2. The van der Waals surface area contributed by atoms with Gasteiger partial charge in [-0.1, -0.05) is 23.7 Å². The number of ether oxygens (including phenoxy) is 2. The molecular formula is C24H20ClN5O6. The van der Waals surface area contributed by atoms with Gasteiger partial charge in [0.15, 0.2) is 0 Å². The van der Waals surface area contributed by atoms with Crippen molar-refractivity contribution in [1.29, 1.82) is 0 Å². The number of carboxylic acids is 1. The lowest BCUT2D eigenvalue weighted by atomic mass is 10.2. The molecule has 12 heteroatoms. The molecule has 2 heterocycles. The first-order chi connectivity index (χ1) is 17.3. The van der Waals surface area contributed by atoms with Gasteiger partial charge in [-0.3, -0.25) is 9.55 Å². The number of nitrogens with zero attached hydrogens (tertiary/aromatic N) is 4. The lowest BCUT2D eigenvalue weighted by Crippen LogP contribution is -2.43. The molecule has 36 heavy (non-hydrogen) atoms. The Morgan fingerprint density at radius 1 is 1.03 bits per heavy atom. The van der Waals surface area contributed by atoms with Gasteiger partial charge in [0.2, 0.25) is 5.95 Å². The van der Waals surface area contributed by atoms with E-state index < -0.39 is 17.3 Å². The highest BCUT2D eigenvalue weighted by atomic mass is 35.5. The van der Waals surface area contributed by atoms with E-state index in [4.69, 9.17) is 26.2 Å². The normalized spacial score (nSPS) is 10.7. The van der Waals surface area contributed by atoms with E-state index in [-0.39, 0.29) is 30.5 Å². The summed E-state index contributed by atoms with van der Waals surface area (Å²) in [4.78, 5) is 44.5. The Morgan fingerprint density at radius 2 is 1.75 bits per heavy atom. The van der Waals surface area contributed by atoms with Crippen LogP contribution in [0, 0.1) is 0 Å². The third-order valence-corrected chi connectivity index (χ3v) is 5.22. The summed E-state index contributed by atoms with van der Waals surface area (Å²) in [7, 11) is 1.37. The van der Waals surface area contributed by atoms with Crippen LogP contribution in [0.25, 0.3) is 0 Å². The molecule has 0 amide bonds. The van der Waals surface area contributed by atoms with Gasteiger partial charge in [-0.25, -0.2) is 19.0 Å². The molecule has 184 valence electrons. The van der Waals surface area contributed by atoms with Crippen LogP contribution in [0.1, 0.15) is 15.9 Å². The van der Waals surface area contributed by atoms with Crippen LogP contribution in [-0.4, -0.2) is 37.3 Å². The zero-order chi connectivity index (χ0) is 25.7. The Balaban J connectivity index is 1.61. The van der Waals surface area contributed by atoms with E-state index in [1.165, 1.54) is 30.1 Å². The second-order valence-corrected chi connectivity index (χ2v) is 7.96. The molecule has 0 fully saturated rings. The predicted octanol–water partition coefficient (Wildman–Crippen LogP) is 3.34. The largest absolute Gasteiger partial charge is 0.478 e. The van der Waals surface area contributed by atoms with Crippen LogP contribution in [-0.2, 0) is 18.0 Å². The minimum absolute atomic E-state index is 0.00118. The SMILES string of the molecule is COCn1c(=O)nc(Nc2ccc(Oc3cncc(C(=O)O)c3)cc2)n(Cc2ccc(Cl)cc2)c1=O. The van der Waals surface area contributed by atoms with Crippen molar-refractivity contribution in [1.82, 2.24) is 19.1 Å². The molecule has 11 nitrogen and oxygen atoms in total. The van der Waals surface area contributed by atoms with E-state index in [2.05, 4.69) is 15.3 Å². The monoisotopic (exact) mass is 509 g/mol. The Morgan fingerprint density at radius 3 is 2.42 bits per heavy atom. The summed E-state index contributed by atoms with van der Waals surface area (Å²) in [5.41, 5.74) is -0.0587. The zero-order valence-electron chi connectivity index (χ0n) is 18.9. The third kappa shape index (κ3) is 5.77. The number of rotatable bonds is 9. The van der Waals surface area contributed by atoms with Crippen molar-refractivity contribution in [2.24, 2.45) is 0 Å². The first kappa shape index (κ1) is 24.6. The molecule has 4 rings (SSSR count). The molecule has 2 aromatic carbocycles. The maximum atomic E-state index is 13.1. The molecule has 0 aliphatic heterocycles. The molecule has 0 saturated heterocycles. The number of carboxylic acid groups (broad SMARTS) is 1. The number of halogens is 1. The quantitative estimate of drug-likeness (QED) is 0.348. The highest BCUT2D eigenvalue weighted by Crippen LogP contribution is 2.24. The summed E-state index contributed by atoms with van der Waals surface area (Å²) in [5.74, 6) is -0.390. The average molecular weight is 510 g/mol. The number of carbonyl (C=O) groups is 1. The first-order valence-corrected chi connectivity index (χ1v) is 10.9. The number of aromatic carboxylic acids is 1. The summed E-state index contributed by atoms with van der Waals surface area (Å²) >= 11 is 5.96. The van der Waals surface area contributed by atoms with Crippen LogP contribution in [0.5, 0.6) is 11.5 Å². The minimum atomic E-state index is -1.11. The van der Waals surface area contributed by atoms with Gasteiger partial charge in [-0.15, -0.1) is 0 Å². The number of nitrogens with one attached hydrogen (secondary N) is 1. The Bertz CT molecular complexity index is 1500. The van der Waals surface area contributed by atoms with E-state index >= 15 is 0 Å². The van der Waals surface area contributed by atoms with Crippen LogP contribution in [0.3, 0.4) is 0 Å². The summed E-state index contributed by atoms with van der Waals surface area (Å²) in [6.07, 6.45) is 2.62. The number of hydrogen-bond acceptors (Lipinski definition) is 8. The molecule has 0 aliphatic rings.